The van der Waals surface area contributed by atoms with Crippen molar-refractivity contribution in [3.8, 4) is 0 Å². The number of rotatable bonds is 3. The Balaban J connectivity index is 1.61. The van der Waals surface area contributed by atoms with Crippen LogP contribution in [-0.2, 0) is 16.8 Å². The van der Waals surface area contributed by atoms with Crippen LogP contribution >= 0.6 is 0 Å². The van der Waals surface area contributed by atoms with Gasteiger partial charge in [-0.05, 0) is 62.4 Å². The number of benzene rings is 1. The van der Waals surface area contributed by atoms with Crippen LogP contribution in [0.4, 0.5) is 0 Å². The van der Waals surface area contributed by atoms with Gasteiger partial charge in [0.25, 0.3) is 0 Å². The van der Waals surface area contributed by atoms with Crippen LogP contribution < -0.4 is 10.6 Å². The van der Waals surface area contributed by atoms with Crippen LogP contribution in [-0.4, -0.2) is 28.8 Å². The van der Waals surface area contributed by atoms with E-state index in [1.807, 2.05) is 16.9 Å². The molecule has 1 aromatic heterocycles. The number of fused-ring (bicyclic) bond motifs is 1. The van der Waals surface area contributed by atoms with E-state index in [1.54, 1.807) is 6.20 Å². The van der Waals surface area contributed by atoms with Crippen LogP contribution in [0, 0.1) is 0 Å². The summed E-state index contributed by atoms with van der Waals surface area (Å²) in [5.74, 6) is 0.106. The third kappa shape index (κ3) is 2.63. The largest absolute Gasteiger partial charge is 0.347 e. The zero-order valence-corrected chi connectivity index (χ0v) is 13.9. The summed E-state index contributed by atoms with van der Waals surface area (Å²) in [5, 5.41) is 11.1. The topological polar surface area (TPSA) is 59.0 Å². The number of nitrogens with one attached hydrogen (secondary N) is 2. The molecule has 2 N–H and O–H groups in total. The second-order valence-corrected chi connectivity index (χ2v) is 6.85. The minimum absolute atomic E-state index is 0.106. The highest BCUT2D eigenvalue weighted by atomic mass is 16.2. The van der Waals surface area contributed by atoms with Crippen molar-refractivity contribution in [2.75, 3.05) is 13.1 Å². The van der Waals surface area contributed by atoms with Crippen LogP contribution in [0.25, 0.3) is 0 Å². The van der Waals surface area contributed by atoms with Crippen molar-refractivity contribution in [2.45, 2.75) is 43.7 Å². The molecule has 1 fully saturated rings. The average molecular weight is 324 g/mol. The fourth-order valence-electron chi connectivity index (χ4n) is 4.12. The number of aryl methyl sites for hydroxylation is 1. The lowest BCUT2D eigenvalue weighted by Crippen LogP contribution is -2.55. The number of aromatic nitrogens is 2. The fraction of sp³-hybridized carbons (Fsp3) is 0.474. The summed E-state index contributed by atoms with van der Waals surface area (Å²) < 4.78 is 1.86. The van der Waals surface area contributed by atoms with Crippen LogP contribution in [0.1, 0.15) is 42.9 Å². The molecule has 0 bridgehead atoms. The van der Waals surface area contributed by atoms with Gasteiger partial charge in [-0.25, -0.2) is 0 Å². The standard InChI is InChI=1S/C19H24N4O/c24-18(19(9-12-20-13-10-19)23-14-4-11-21-23)22-17-8-3-6-15-5-1-2-7-16(15)17/h1-2,4-5,7,11,14,17,20H,3,6,8-10,12-13H2,(H,22,24). The Kier molecular flexibility index (Phi) is 4.10. The molecule has 1 aliphatic carbocycles. The predicted octanol–water partition coefficient (Wildman–Crippen LogP) is 2.16. The number of hydrogen-bond donors (Lipinski definition) is 2. The molecule has 24 heavy (non-hydrogen) atoms. The van der Waals surface area contributed by atoms with Gasteiger partial charge in [-0.1, -0.05) is 24.3 Å². The molecule has 0 saturated carbocycles. The zero-order chi connectivity index (χ0) is 16.4. The minimum atomic E-state index is -0.568. The molecule has 2 aromatic rings. The molecule has 1 aliphatic heterocycles. The summed E-state index contributed by atoms with van der Waals surface area (Å²) in [6.45, 7) is 1.68. The molecule has 5 heteroatoms. The summed E-state index contributed by atoms with van der Waals surface area (Å²) >= 11 is 0. The lowest BCUT2D eigenvalue weighted by molar-refractivity contribution is -0.133. The van der Waals surface area contributed by atoms with Crippen molar-refractivity contribution in [1.82, 2.24) is 20.4 Å². The number of piperidine rings is 1. The Morgan fingerprint density at radius 2 is 2.08 bits per heavy atom. The van der Waals surface area contributed by atoms with E-state index in [-0.39, 0.29) is 11.9 Å². The molecule has 126 valence electrons. The van der Waals surface area contributed by atoms with Crippen molar-refractivity contribution in [2.24, 2.45) is 0 Å². The van der Waals surface area contributed by atoms with E-state index in [9.17, 15) is 4.79 Å². The first-order chi connectivity index (χ1) is 11.8. The lowest BCUT2D eigenvalue weighted by Gasteiger charge is -2.38. The van der Waals surface area contributed by atoms with Crippen molar-refractivity contribution in [1.29, 1.82) is 0 Å². The van der Waals surface area contributed by atoms with E-state index in [4.69, 9.17) is 0 Å². The van der Waals surface area contributed by atoms with E-state index < -0.39 is 5.54 Å². The van der Waals surface area contributed by atoms with Crippen molar-refractivity contribution >= 4 is 5.91 Å². The van der Waals surface area contributed by atoms with E-state index in [2.05, 4.69) is 40.0 Å². The van der Waals surface area contributed by atoms with E-state index in [0.717, 1.165) is 45.2 Å². The Labute approximate surface area is 142 Å². The van der Waals surface area contributed by atoms with Gasteiger partial charge in [0.2, 0.25) is 5.91 Å². The first kappa shape index (κ1) is 15.4. The quantitative estimate of drug-likeness (QED) is 0.909. The van der Waals surface area contributed by atoms with Gasteiger partial charge in [-0.3, -0.25) is 9.48 Å². The minimum Gasteiger partial charge on any atom is -0.347 e. The van der Waals surface area contributed by atoms with E-state index in [1.165, 1.54) is 11.1 Å². The highest BCUT2D eigenvalue weighted by Gasteiger charge is 2.43. The van der Waals surface area contributed by atoms with Crippen LogP contribution in [0.3, 0.4) is 0 Å². The van der Waals surface area contributed by atoms with Crippen LogP contribution in [0.15, 0.2) is 42.7 Å². The molecule has 4 rings (SSSR count). The van der Waals surface area contributed by atoms with Gasteiger partial charge in [-0.2, -0.15) is 5.10 Å². The second kappa shape index (κ2) is 6.40. The molecule has 1 unspecified atom stereocenters. The summed E-state index contributed by atoms with van der Waals surface area (Å²) in [7, 11) is 0. The maximum atomic E-state index is 13.3. The molecule has 1 aromatic carbocycles. The Morgan fingerprint density at radius 3 is 2.88 bits per heavy atom. The molecular formula is C19H24N4O. The molecule has 2 aliphatic rings. The fourth-order valence-corrected chi connectivity index (χ4v) is 4.12. The highest BCUT2D eigenvalue weighted by Crippen LogP contribution is 2.32. The van der Waals surface area contributed by atoms with Gasteiger partial charge >= 0.3 is 0 Å². The molecule has 2 heterocycles. The number of nitrogens with zero attached hydrogens (tertiary/aromatic N) is 2. The molecular weight excluding hydrogens is 300 g/mol. The molecule has 1 saturated heterocycles. The molecule has 1 amide bonds. The van der Waals surface area contributed by atoms with Gasteiger partial charge in [0.15, 0.2) is 0 Å². The van der Waals surface area contributed by atoms with Gasteiger partial charge in [-0.15, -0.1) is 0 Å². The zero-order valence-electron chi connectivity index (χ0n) is 13.9. The maximum absolute atomic E-state index is 13.3. The molecule has 0 radical (unpaired) electrons. The normalized spacial score (nSPS) is 22.6. The Bertz CT molecular complexity index is 704. The monoisotopic (exact) mass is 324 g/mol. The van der Waals surface area contributed by atoms with Gasteiger partial charge in [0, 0.05) is 12.4 Å². The van der Waals surface area contributed by atoms with E-state index in [0.29, 0.717) is 0 Å². The van der Waals surface area contributed by atoms with Gasteiger partial charge in [0.05, 0.1) is 6.04 Å². The summed E-state index contributed by atoms with van der Waals surface area (Å²) in [6, 6.07) is 10.5. The lowest BCUT2D eigenvalue weighted by atomic mass is 9.84. The number of carbonyl (C=O) groups excluding carboxylic acids is 1. The third-order valence-corrected chi connectivity index (χ3v) is 5.47. The predicted molar refractivity (Wildman–Crippen MR) is 92.6 cm³/mol. The van der Waals surface area contributed by atoms with Crippen molar-refractivity contribution in [3.05, 3.63) is 53.9 Å². The third-order valence-electron chi connectivity index (χ3n) is 5.47. The first-order valence-electron chi connectivity index (χ1n) is 8.89. The summed E-state index contributed by atoms with van der Waals surface area (Å²) in [6.07, 6.45) is 8.46. The van der Waals surface area contributed by atoms with Crippen molar-refractivity contribution in [3.63, 3.8) is 0 Å². The van der Waals surface area contributed by atoms with Crippen molar-refractivity contribution < 1.29 is 4.79 Å². The molecule has 0 spiro atoms. The molecule has 5 nitrogen and oxygen atoms in total. The number of carbonyl (C=O) groups is 1. The number of hydrogen-bond acceptors (Lipinski definition) is 3. The summed E-state index contributed by atoms with van der Waals surface area (Å²) in [4.78, 5) is 13.3. The molecule has 1 atom stereocenters. The van der Waals surface area contributed by atoms with Gasteiger partial charge < -0.3 is 10.6 Å². The smallest absolute Gasteiger partial charge is 0.248 e. The average Bonchev–Trinajstić information content (AvgIpc) is 3.18. The first-order valence-corrected chi connectivity index (χ1v) is 8.89. The second-order valence-electron chi connectivity index (χ2n) is 6.85. The van der Waals surface area contributed by atoms with Crippen LogP contribution in [0.5, 0.6) is 0 Å². The maximum Gasteiger partial charge on any atom is 0.248 e. The highest BCUT2D eigenvalue weighted by molar-refractivity contribution is 5.85. The Hall–Kier alpha value is -2.14. The summed E-state index contributed by atoms with van der Waals surface area (Å²) in [5.41, 5.74) is 2.08. The Morgan fingerprint density at radius 1 is 1.25 bits per heavy atom. The van der Waals surface area contributed by atoms with Crippen LogP contribution in [0.2, 0.25) is 0 Å². The number of amides is 1. The van der Waals surface area contributed by atoms with E-state index >= 15 is 0 Å². The van der Waals surface area contributed by atoms with Gasteiger partial charge in [0.1, 0.15) is 5.54 Å². The SMILES string of the molecule is O=C(NC1CCCc2ccccc21)C1(n2cccn2)CCNCC1.